The van der Waals surface area contributed by atoms with Gasteiger partial charge in [0.15, 0.2) is 0 Å². The van der Waals surface area contributed by atoms with Gasteiger partial charge in [-0.1, -0.05) is 79.7 Å². The van der Waals surface area contributed by atoms with Crippen LogP contribution in [-0.4, -0.2) is 0 Å². The molecule has 3 heteroatoms. The topological polar surface area (TPSA) is 0 Å². The van der Waals surface area contributed by atoms with Gasteiger partial charge in [0.1, 0.15) is 14.6 Å². The molecule has 0 amide bonds. The van der Waals surface area contributed by atoms with E-state index in [0.29, 0.717) is 0 Å². The third-order valence-electron chi connectivity index (χ3n) is 7.07. The molecule has 0 aromatic heterocycles. The highest BCUT2D eigenvalue weighted by molar-refractivity contribution is 6.39. The quantitative estimate of drug-likeness (QED) is 0.381. The SMILES string of the molecule is CC12C3(Cl)c4ccccc4C1(Cl)c1ccccc1C2(Cl)c1ccccc13. The van der Waals surface area contributed by atoms with Crippen LogP contribution in [0.3, 0.4) is 0 Å². The summed E-state index contributed by atoms with van der Waals surface area (Å²) in [5.74, 6) is 0. The molecule has 0 atom stereocenters. The van der Waals surface area contributed by atoms with Crippen LogP contribution in [0.2, 0.25) is 0 Å². The standard InChI is InChI=1S/C23H15Cl3/c1-20-21(24)14-8-2-3-9-15(14)22(20,25)18-12-6-7-13-19(18)23(20,26)17-11-5-4-10-16(17)21/h2-13H,1H3. The second-order valence-electron chi connectivity index (χ2n) is 7.74. The first-order valence-corrected chi connectivity index (χ1v) is 9.93. The zero-order valence-corrected chi connectivity index (χ0v) is 16.3. The molecule has 0 heterocycles. The van der Waals surface area contributed by atoms with E-state index in [4.69, 9.17) is 34.8 Å². The highest BCUT2D eigenvalue weighted by atomic mass is 35.5. The molecule has 0 radical (unpaired) electrons. The lowest BCUT2D eigenvalue weighted by atomic mass is 9.69. The fraction of sp³-hybridized carbons (Fsp3) is 0.217. The van der Waals surface area contributed by atoms with Crippen LogP contribution >= 0.6 is 34.8 Å². The van der Waals surface area contributed by atoms with E-state index in [9.17, 15) is 0 Å². The number of rotatable bonds is 0. The zero-order chi connectivity index (χ0) is 17.9. The first-order chi connectivity index (χ1) is 12.4. The molecule has 0 unspecified atom stereocenters. The summed E-state index contributed by atoms with van der Waals surface area (Å²) in [7, 11) is 0. The van der Waals surface area contributed by atoms with Gasteiger partial charge in [-0.05, 0) is 33.4 Å². The smallest absolute Gasteiger partial charge is 0.105 e. The van der Waals surface area contributed by atoms with Crippen molar-refractivity contribution in [3.63, 3.8) is 0 Å². The van der Waals surface area contributed by atoms with Crippen LogP contribution in [0, 0.1) is 5.41 Å². The van der Waals surface area contributed by atoms with Gasteiger partial charge < -0.3 is 0 Å². The number of alkyl halides is 3. The van der Waals surface area contributed by atoms with E-state index < -0.39 is 20.0 Å². The summed E-state index contributed by atoms with van der Waals surface area (Å²) >= 11 is 22.8. The molecule has 0 nitrogen and oxygen atoms in total. The number of halogens is 3. The van der Waals surface area contributed by atoms with E-state index in [-0.39, 0.29) is 0 Å². The van der Waals surface area contributed by atoms with Crippen LogP contribution in [0.25, 0.3) is 0 Å². The predicted molar refractivity (Wildman–Crippen MR) is 107 cm³/mol. The van der Waals surface area contributed by atoms with Crippen LogP contribution in [0.5, 0.6) is 0 Å². The Morgan fingerprint density at radius 1 is 0.462 bits per heavy atom. The molecule has 0 aliphatic heterocycles. The first kappa shape index (κ1) is 15.6. The Morgan fingerprint density at radius 3 is 0.846 bits per heavy atom. The van der Waals surface area contributed by atoms with Gasteiger partial charge >= 0.3 is 0 Å². The zero-order valence-electron chi connectivity index (χ0n) is 14.1. The predicted octanol–water partition coefficient (Wildman–Crippen LogP) is 6.48. The Morgan fingerprint density at radius 2 is 0.654 bits per heavy atom. The maximum atomic E-state index is 7.60. The number of benzene rings is 3. The van der Waals surface area contributed by atoms with Crippen molar-refractivity contribution >= 4 is 34.8 Å². The molecular weight excluding hydrogens is 383 g/mol. The Kier molecular flexibility index (Phi) is 2.59. The summed E-state index contributed by atoms with van der Waals surface area (Å²) in [5, 5.41) is 0. The van der Waals surface area contributed by atoms with Crippen LogP contribution in [0.1, 0.15) is 40.3 Å². The Balaban J connectivity index is 1.93. The summed E-state index contributed by atoms with van der Waals surface area (Å²) in [6.45, 7) is 2.17. The summed E-state index contributed by atoms with van der Waals surface area (Å²) in [4.78, 5) is -2.33. The van der Waals surface area contributed by atoms with Crippen molar-refractivity contribution in [3.8, 4) is 0 Å². The van der Waals surface area contributed by atoms with Gasteiger partial charge in [0.25, 0.3) is 0 Å². The summed E-state index contributed by atoms with van der Waals surface area (Å²) in [6, 6.07) is 24.9. The number of hydrogen-bond acceptors (Lipinski definition) is 0. The molecule has 128 valence electrons. The van der Waals surface area contributed by atoms with E-state index in [2.05, 4.69) is 43.3 Å². The van der Waals surface area contributed by atoms with Gasteiger partial charge in [-0.2, -0.15) is 0 Å². The van der Waals surface area contributed by atoms with Gasteiger partial charge in [-0.3, -0.25) is 0 Å². The molecule has 3 aromatic carbocycles. The summed E-state index contributed by atoms with van der Waals surface area (Å²) < 4.78 is 0. The van der Waals surface area contributed by atoms with Gasteiger partial charge in [0.2, 0.25) is 0 Å². The molecule has 0 fully saturated rings. The minimum absolute atomic E-state index is 0.630. The minimum atomic E-state index is -0.775. The van der Waals surface area contributed by atoms with Crippen molar-refractivity contribution in [1.82, 2.24) is 0 Å². The van der Waals surface area contributed by atoms with Gasteiger partial charge in [0.05, 0.1) is 5.41 Å². The molecule has 0 saturated heterocycles. The van der Waals surface area contributed by atoms with Crippen molar-refractivity contribution in [2.75, 3.05) is 0 Å². The number of fused-ring (bicyclic) bond motifs is 9. The lowest BCUT2D eigenvalue weighted by Crippen LogP contribution is -2.48. The van der Waals surface area contributed by atoms with E-state index in [0.717, 1.165) is 33.4 Å². The van der Waals surface area contributed by atoms with Crippen molar-refractivity contribution in [1.29, 1.82) is 0 Å². The maximum Gasteiger partial charge on any atom is 0.105 e. The Hall–Kier alpha value is -1.47. The lowest BCUT2D eigenvalue weighted by Gasteiger charge is -2.44. The Labute approximate surface area is 167 Å². The molecule has 3 aliphatic carbocycles. The normalized spacial score (nSPS) is 37.8. The van der Waals surface area contributed by atoms with Crippen LogP contribution in [0.15, 0.2) is 72.8 Å². The third kappa shape index (κ3) is 1.17. The van der Waals surface area contributed by atoms with Gasteiger partial charge in [-0.15, -0.1) is 34.8 Å². The van der Waals surface area contributed by atoms with Crippen LogP contribution in [-0.2, 0) is 14.6 Å². The van der Waals surface area contributed by atoms with Crippen LogP contribution < -0.4 is 0 Å². The first-order valence-electron chi connectivity index (χ1n) is 8.80. The molecule has 0 N–H and O–H groups in total. The molecule has 3 aromatic rings. The Bertz CT molecular complexity index is 905. The molecule has 26 heavy (non-hydrogen) atoms. The molecule has 0 bridgehead atoms. The monoisotopic (exact) mass is 396 g/mol. The fourth-order valence-electron chi connectivity index (χ4n) is 6.02. The lowest BCUT2D eigenvalue weighted by molar-refractivity contribution is 0.210. The molecule has 0 spiro atoms. The van der Waals surface area contributed by atoms with E-state index >= 15 is 0 Å². The molecular formula is C23H15Cl3. The largest absolute Gasteiger partial charge is 0.108 e. The maximum absolute atomic E-state index is 7.60. The summed E-state index contributed by atoms with van der Waals surface area (Å²) in [6.07, 6.45) is 0. The number of hydrogen-bond donors (Lipinski definition) is 0. The molecule has 3 aliphatic rings. The summed E-state index contributed by atoms with van der Waals surface area (Å²) in [5.41, 5.74) is 5.81. The van der Waals surface area contributed by atoms with Crippen molar-refractivity contribution in [3.05, 3.63) is 106 Å². The van der Waals surface area contributed by atoms with Crippen molar-refractivity contribution in [2.24, 2.45) is 5.41 Å². The van der Waals surface area contributed by atoms with E-state index in [1.54, 1.807) is 0 Å². The van der Waals surface area contributed by atoms with Crippen LogP contribution in [0.4, 0.5) is 0 Å². The van der Waals surface area contributed by atoms with E-state index in [1.165, 1.54) is 0 Å². The second kappa shape index (κ2) is 4.33. The average molecular weight is 398 g/mol. The van der Waals surface area contributed by atoms with Gasteiger partial charge in [0, 0.05) is 0 Å². The minimum Gasteiger partial charge on any atom is -0.108 e. The van der Waals surface area contributed by atoms with Crippen molar-refractivity contribution in [2.45, 2.75) is 21.5 Å². The highest BCUT2D eigenvalue weighted by Crippen LogP contribution is 2.85. The fourth-order valence-corrected chi connectivity index (χ4v) is 8.00. The van der Waals surface area contributed by atoms with Gasteiger partial charge in [-0.25, -0.2) is 0 Å². The van der Waals surface area contributed by atoms with E-state index in [1.807, 2.05) is 36.4 Å². The molecule has 6 rings (SSSR count). The molecule has 0 saturated carbocycles. The average Bonchev–Trinajstić information content (AvgIpc) is 3.05. The highest BCUT2D eigenvalue weighted by Gasteiger charge is 2.83. The van der Waals surface area contributed by atoms with Crippen molar-refractivity contribution < 1.29 is 0 Å². The third-order valence-corrected chi connectivity index (χ3v) is 9.43. The second-order valence-corrected chi connectivity index (χ2v) is 9.44.